The van der Waals surface area contributed by atoms with Crippen molar-refractivity contribution >= 4 is 5.91 Å². The van der Waals surface area contributed by atoms with Crippen LogP contribution < -0.4 is 10.1 Å². The van der Waals surface area contributed by atoms with Crippen molar-refractivity contribution in [3.63, 3.8) is 0 Å². The molecule has 1 atom stereocenters. The molecule has 0 radical (unpaired) electrons. The Kier molecular flexibility index (Phi) is 6.67. The number of ether oxygens (including phenoxy) is 1. The van der Waals surface area contributed by atoms with Gasteiger partial charge in [-0.05, 0) is 49.4 Å². The Morgan fingerprint density at radius 1 is 1.00 bits per heavy atom. The Balaban J connectivity index is 1.69. The first-order chi connectivity index (χ1) is 11.2. The molecule has 0 aliphatic rings. The van der Waals surface area contributed by atoms with E-state index in [1.165, 1.54) is 5.56 Å². The summed E-state index contributed by atoms with van der Waals surface area (Å²) in [6.07, 6.45) is 3.21. The van der Waals surface area contributed by atoms with Gasteiger partial charge in [-0.3, -0.25) is 4.79 Å². The van der Waals surface area contributed by atoms with Crippen LogP contribution in [0.1, 0.15) is 30.9 Å². The zero-order chi connectivity index (χ0) is 16.5. The molecule has 3 nitrogen and oxygen atoms in total. The molecule has 0 heterocycles. The first kappa shape index (κ1) is 17.1. The van der Waals surface area contributed by atoms with Crippen molar-refractivity contribution in [3.8, 4) is 5.75 Å². The normalized spacial score (nSPS) is 11.7. The Labute approximate surface area is 138 Å². The van der Waals surface area contributed by atoms with Gasteiger partial charge < -0.3 is 10.1 Å². The number of nitrogens with one attached hydrogen (secondary N) is 1. The molecule has 0 aliphatic heterocycles. The Bertz CT molecular complexity index is 593. The third-order valence-corrected chi connectivity index (χ3v) is 3.92. The number of carbonyl (C=O) groups excluding carboxylic acids is 1. The van der Waals surface area contributed by atoms with E-state index in [2.05, 4.69) is 24.4 Å². The summed E-state index contributed by atoms with van der Waals surface area (Å²) in [7, 11) is 1.65. The van der Waals surface area contributed by atoms with Crippen LogP contribution in [-0.4, -0.2) is 19.1 Å². The van der Waals surface area contributed by atoms with Gasteiger partial charge in [-0.1, -0.05) is 42.5 Å². The number of amides is 1. The number of hydrogen-bond donors (Lipinski definition) is 1. The minimum atomic E-state index is 0.112. The van der Waals surface area contributed by atoms with Crippen LogP contribution in [0.15, 0.2) is 54.6 Å². The quantitative estimate of drug-likeness (QED) is 0.806. The van der Waals surface area contributed by atoms with Gasteiger partial charge in [0.25, 0.3) is 0 Å². The molecule has 0 bridgehead atoms. The van der Waals surface area contributed by atoms with E-state index in [4.69, 9.17) is 4.74 Å². The maximum atomic E-state index is 12.0. The highest BCUT2D eigenvalue weighted by atomic mass is 16.5. The van der Waals surface area contributed by atoms with Gasteiger partial charge in [0, 0.05) is 12.5 Å². The van der Waals surface area contributed by atoms with Gasteiger partial charge in [-0.2, -0.15) is 0 Å². The number of aryl methyl sites for hydroxylation is 2. The molecule has 0 spiro atoms. The van der Waals surface area contributed by atoms with Gasteiger partial charge in [0.2, 0.25) is 5.91 Å². The summed E-state index contributed by atoms with van der Waals surface area (Å²) in [5.41, 5.74) is 2.46. The molecule has 0 saturated heterocycles. The van der Waals surface area contributed by atoms with E-state index in [0.717, 1.165) is 30.6 Å². The maximum Gasteiger partial charge on any atom is 0.220 e. The number of carbonyl (C=O) groups is 1. The molecular weight excluding hydrogens is 286 g/mol. The highest BCUT2D eigenvalue weighted by Gasteiger charge is 2.08. The second-order valence-corrected chi connectivity index (χ2v) is 5.84. The third-order valence-electron chi connectivity index (χ3n) is 3.92. The SMILES string of the molecule is COc1ccc(CCC(=O)N[C@H](C)CCc2ccccc2)cc1. The smallest absolute Gasteiger partial charge is 0.220 e. The summed E-state index contributed by atoms with van der Waals surface area (Å²) in [6, 6.07) is 18.4. The van der Waals surface area contributed by atoms with Gasteiger partial charge in [0.05, 0.1) is 7.11 Å². The van der Waals surface area contributed by atoms with Crippen molar-refractivity contribution < 1.29 is 9.53 Å². The van der Waals surface area contributed by atoms with E-state index < -0.39 is 0 Å². The van der Waals surface area contributed by atoms with E-state index in [-0.39, 0.29) is 11.9 Å². The van der Waals surface area contributed by atoms with E-state index in [1.807, 2.05) is 42.5 Å². The molecule has 0 aromatic heterocycles. The number of methoxy groups -OCH3 is 1. The van der Waals surface area contributed by atoms with Gasteiger partial charge in [0.1, 0.15) is 5.75 Å². The van der Waals surface area contributed by atoms with Crippen molar-refractivity contribution in [2.45, 2.75) is 38.6 Å². The van der Waals surface area contributed by atoms with Gasteiger partial charge in [-0.25, -0.2) is 0 Å². The van der Waals surface area contributed by atoms with Crippen LogP contribution in [-0.2, 0) is 17.6 Å². The summed E-state index contributed by atoms with van der Waals surface area (Å²) in [5.74, 6) is 0.953. The molecular formula is C20H25NO2. The lowest BCUT2D eigenvalue weighted by Crippen LogP contribution is -2.33. The van der Waals surface area contributed by atoms with Crippen LogP contribution in [0.2, 0.25) is 0 Å². The lowest BCUT2D eigenvalue weighted by molar-refractivity contribution is -0.121. The van der Waals surface area contributed by atoms with Crippen LogP contribution >= 0.6 is 0 Å². The number of benzene rings is 2. The molecule has 2 rings (SSSR count). The summed E-state index contributed by atoms with van der Waals surface area (Å²) >= 11 is 0. The average molecular weight is 311 g/mol. The lowest BCUT2D eigenvalue weighted by Gasteiger charge is -2.14. The molecule has 0 saturated carbocycles. The number of hydrogen-bond acceptors (Lipinski definition) is 2. The predicted octanol–water partition coefficient (Wildman–Crippen LogP) is 3.77. The van der Waals surface area contributed by atoms with Crippen LogP contribution in [0.25, 0.3) is 0 Å². The first-order valence-corrected chi connectivity index (χ1v) is 8.13. The molecule has 122 valence electrons. The Morgan fingerprint density at radius 3 is 2.30 bits per heavy atom. The van der Waals surface area contributed by atoms with Crippen LogP contribution in [0.3, 0.4) is 0 Å². The second kappa shape index (κ2) is 8.99. The van der Waals surface area contributed by atoms with Crippen molar-refractivity contribution in [1.29, 1.82) is 0 Å². The fraction of sp³-hybridized carbons (Fsp3) is 0.350. The maximum absolute atomic E-state index is 12.0. The fourth-order valence-electron chi connectivity index (χ4n) is 2.50. The zero-order valence-corrected chi connectivity index (χ0v) is 13.9. The van der Waals surface area contributed by atoms with Crippen molar-refractivity contribution in [2.24, 2.45) is 0 Å². The first-order valence-electron chi connectivity index (χ1n) is 8.13. The Hall–Kier alpha value is -2.29. The molecule has 2 aromatic rings. The molecule has 0 unspecified atom stereocenters. The summed E-state index contributed by atoms with van der Waals surface area (Å²) in [4.78, 5) is 12.0. The zero-order valence-electron chi connectivity index (χ0n) is 13.9. The third kappa shape index (κ3) is 6.15. The van der Waals surface area contributed by atoms with Crippen molar-refractivity contribution in [1.82, 2.24) is 5.32 Å². The second-order valence-electron chi connectivity index (χ2n) is 5.84. The lowest BCUT2D eigenvalue weighted by atomic mass is 10.1. The van der Waals surface area contributed by atoms with Crippen molar-refractivity contribution in [3.05, 3.63) is 65.7 Å². The highest BCUT2D eigenvalue weighted by molar-refractivity contribution is 5.76. The molecule has 3 heteroatoms. The van der Waals surface area contributed by atoms with E-state index in [0.29, 0.717) is 6.42 Å². The molecule has 0 aliphatic carbocycles. The fourth-order valence-corrected chi connectivity index (χ4v) is 2.50. The van der Waals surface area contributed by atoms with Crippen LogP contribution in [0.4, 0.5) is 0 Å². The monoisotopic (exact) mass is 311 g/mol. The largest absolute Gasteiger partial charge is 0.497 e. The van der Waals surface area contributed by atoms with E-state index >= 15 is 0 Å². The van der Waals surface area contributed by atoms with Crippen LogP contribution in [0, 0.1) is 0 Å². The van der Waals surface area contributed by atoms with E-state index in [9.17, 15) is 4.79 Å². The van der Waals surface area contributed by atoms with Gasteiger partial charge >= 0.3 is 0 Å². The topological polar surface area (TPSA) is 38.3 Å². The minimum absolute atomic E-state index is 0.112. The van der Waals surface area contributed by atoms with Crippen LogP contribution in [0.5, 0.6) is 5.75 Å². The molecule has 1 amide bonds. The molecule has 23 heavy (non-hydrogen) atoms. The standard InChI is InChI=1S/C20H25NO2/c1-16(8-9-17-6-4-3-5-7-17)21-20(22)15-12-18-10-13-19(23-2)14-11-18/h3-7,10-11,13-14,16H,8-9,12,15H2,1-2H3,(H,21,22)/t16-/m1/s1. The summed E-state index contributed by atoms with van der Waals surface area (Å²) in [5, 5.41) is 3.08. The minimum Gasteiger partial charge on any atom is -0.497 e. The highest BCUT2D eigenvalue weighted by Crippen LogP contribution is 2.12. The van der Waals surface area contributed by atoms with Gasteiger partial charge in [-0.15, -0.1) is 0 Å². The average Bonchev–Trinajstić information content (AvgIpc) is 2.59. The predicted molar refractivity (Wildman–Crippen MR) is 93.7 cm³/mol. The summed E-state index contributed by atoms with van der Waals surface area (Å²) in [6.45, 7) is 2.06. The molecule has 0 fully saturated rings. The molecule has 1 N–H and O–H groups in total. The summed E-state index contributed by atoms with van der Waals surface area (Å²) < 4.78 is 5.13. The van der Waals surface area contributed by atoms with Gasteiger partial charge in [0.15, 0.2) is 0 Å². The Morgan fingerprint density at radius 2 is 1.65 bits per heavy atom. The number of rotatable bonds is 8. The molecule has 2 aromatic carbocycles. The van der Waals surface area contributed by atoms with E-state index in [1.54, 1.807) is 7.11 Å². The van der Waals surface area contributed by atoms with Crippen molar-refractivity contribution in [2.75, 3.05) is 7.11 Å².